The quantitative estimate of drug-likeness (QED) is 0.750. The first-order chi connectivity index (χ1) is 11.5. The van der Waals surface area contributed by atoms with Crippen molar-refractivity contribution in [1.29, 1.82) is 0 Å². The molecule has 0 fully saturated rings. The number of hydrogen-bond acceptors (Lipinski definition) is 4. The Morgan fingerprint density at radius 2 is 2.12 bits per heavy atom. The van der Waals surface area contributed by atoms with Gasteiger partial charge in [0.15, 0.2) is 0 Å². The Bertz CT molecular complexity index is 724. The third kappa shape index (κ3) is 5.47. The number of fused-ring (bicyclic) bond motifs is 1. The predicted molar refractivity (Wildman–Crippen MR) is 96.9 cm³/mol. The highest BCUT2D eigenvalue weighted by atomic mass is 32.2. The molecule has 1 aromatic rings. The highest BCUT2D eigenvalue weighted by Gasteiger charge is 2.35. The molecule has 2 N–H and O–H groups in total. The molecule has 0 saturated heterocycles. The zero-order valence-electron chi connectivity index (χ0n) is 15.7. The Kier molecular flexibility index (Phi) is 5.83. The zero-order valence-corrected chi connectivity index (χ0v) is 16.5. The van der Waals surface area contributed by atoms with Gasteiger partial charge in [-0.3, -0.25) is 0 Å². The average Bonchev–Trinajstić information content (AvgIpc) is 2.81. The summed E-state index contributed by atoms with van der Waals surface area (Å²) in [5.41, 5.74) is 1.12. The molecule has 0 radical (unpaired) electrons. The predicted octanol–water partition coefficient (Wildman–Crippen LogP) is 2.18. The van der Waals surface area contributed by atoms with E-state index in [1.54, 1.807) is 0 Å². The van der Waals surface area contributed by atoms with E-state index >= 15 is 0 Å². The van der Waals surface area contributed by atoms with Crippen LogP contribution in [0.2, 0.25) is 0 Å². The van der Waals surface area contributed by atoms with E-state index in [4.69, 9.17) is 4.42 Å². The van der Waals surface area contributed by atoms with Gasteiger partial charge in [0.2, 0.25) is 10.0 Å². The number of carbonyl (C=O) groups excluding carboxylic acids is 1. The third-order valence-electron chi connectivity index (χ3n) is 4.54. The van der Waals surface area contributed by atoms with Crippen molar-refractivity contribution in [3.63, 3.8) is 0 Å². The Hall–Kier alpha value is -1.54. The lowest BCUT2D eigenvalue weighted by atomic mass is 9.75. The van der Waals surface area contributed by atoms with Crippen LogP contribution < -0.4 is 10.6 Å². The lowest BCUT2D eigenvalue weighted by Gasteiger charge is -2.34. The van der Waals surface area contributed by atoms with Crippen molar-refractivity contribution in [1.82, 2.24) is 14.9 Å². The SMILES string of the molecule is Cc1cc2c(o1)CC(C)(C)CC2NC(=O)NCCCN(C)S(C)(=O)=O. The first-order valence-electron chi connectivity index (χ1n) is 8.53. The second kappa shape index (κ2) is 7.37. The second-order valence-electron chi connectivity index (χ2n) is 7.67. The van der Waals surface area contributed by atoms with Crippen LogP contribution >= 0.6 is 0 Å². The van der Waals surface area contributed by atoms with Gasteiger partial charge in [-0.15, -0.1) is 0 Å². The molecular weight excluding hydrogens is 342 g/mol. The summed E-state index contributed by atoms with van der Waals surface area (Å²) in [5, 5.41) is 5.82. The molecule has 0 bridgehead atoms. The van der Waals surface area contributed by atoms with Crippen molar-refractivity contribution in [2.45, 2.75) is 46.1 Å². The molecule has 1 atom stereocenters. The number of aryl methyl sites for hydroxylation is 1. The number of nitrogens with one attached hydrogen (secondary N) is 2. The van der Waals surface area contributed by atoms with Crippen LogP contribution in [0.15, 0.2) is 10.5 Å². The Morgan fingerprint density at radius 3 is 2.76 bits per heavy atom. The first-order valence-corrected chi connectivity index (χ1v) is 10.4. The number of hydrogen-bond donors (Lipinski definition) is 2. The summed E-state index contributed by atoms with van der Waals surface area (Å²) in [7, 11) is -1.65. The number of furan rings is 1. The molecule has 7 nitrogen and oxygen atoms in total. The summed E-state index contributed by atoms with van der Waals surface area (Å²) in [6.07, 6.45) is 3.45. The molecule has 8 heteroatoms. The van der Waals surface area contributed by atoms with Gasteiger partial charge in [0.1, 0.15) is 11.5 Å². The van der Waals surface area contributed by atoms with Crippen molar-refractivity contribution >= 4 is 16.1 Å². The molecule has 2 rings (SSSR count). The molecule has 0 saturated carbocycles. The zero-order chi connectivity index (χ0) is 18.8. The molecule has 142 valence electrons. The molecule has 1 heterocycles. The van der Waals surface area contributed by atoms with Crippen molar-refractivity contribution in [3.05, 3.63) is 23.2 Å². The average molecular weight is 372 g/mol. The summed E-state index contributed by atoms with van der Waals surface area (Å²) in [6.45, 7) is 7.04. The minimum absolute atomic E-state index is 0.0629. The number of amides is 2. The van der Waals surface area contributed by atoms with Crippen molar-refractivity contribution in [2.75, 3.05) is 26.4 Å². The minimum Gasteiger partial charge on any atom is -0.466 e. The standard InChI is InChI=1S/C17H29N3O4S/c1-12-9-13-14(10-17(2,3)11-15(13)24-12)19-16(21)18-7-6-8-20(4)25(5,22)23/h9,14H,6-8,10-11H2,1-5H3,(H2,18,19,21). The van der Waals surface area contributed by atoms with Crippen LogP contribution in [0, 0.1) is 12.3 Å². The lowest BCUT2D eigenvalue weighted by molar-refractivity contribution is 0.214. The molecular formula is C17H29N3O4S. The molecule has 0 aromatic carbocycles. The number of nitrogens with zero attached hydrogens (tertiary/aromatic N) is 1. The van der Waals surface area contributed by atoms with Crippen molar-refractivity contribution in [3.8, 4) is 0 Å². The summed E-state index contributed by atoms with van der Waals surface area (Å²) in [4.78, 5) is 12.2. The van der Waals surface area contributed by atoms with Gasteiger partial charge in [-0.05, 0) is 31.2 Å². The number of urea groups is 1. The van der Waals surface area contributed by atoms with E-state index in [-0.39, 0.29) is 17.5 Å². The molecule has 1 aliphatic rings. The number of carbonyl (C=O) groups is 1. The van der Waals surface area contributed by atoms with E-state index < -0.39 is 10.0 Å². The first kappa shape index (κ1) is 19.8. The van der Waals surface area contributed by atoms with E-state index in [1.165, 1.54) is 17.6 Å². The summed E-state index contributed by atoms with van der Waals surface area (Å²) in [6, 6.07) is 1.68. The second-order valence-corrected chi connectivity index (χ2v) is 9.76. The van der Waals surface area contributed by atoms with Gasteiger partial charge in [-0.25, -0.2) is 17.5 Å². The smallest absolute Gasteiger partial charge is 0.315 e. The fourth-order valence-electron chi connectivity index (χ4n) is 3.19. The molecule has 0 aliphatic heterocycles. The Morgan fingerprint density at radius 1 is 1.44 bits per heavy atom. The molecule has 0 spiro atoms. The van der Waals surface area contributed by atoms with Crippen LogP contribution in [0.5, 0.6) is 0 Å². The largest absolute Gasteiger partial charge is 0.466 e. The normalized spacial score (nSPS) is 19.5. The topological polar surface area (TPSA) is 91.7 Å². The molecule has 1 unspecified atom stereocenters. The van der Waals surface area contributed by atoms with E-state index in [2.05, 4.69) is 24.5 Å². The van der Waals surface area contributed by atoms with E-state index in [1.807, 2.05) is 13.0 Å². The van der Waals surface area contributed by atoms with Gasteiger partial charge < -0.3 is 15.1 Å². The number of rotatable bonds is 6. The molecule has 1 aromatic heterocycles. The van der Waals surface area contributed by atoms with Crippen LogP contribution in [-0.4, -0.2) is 45.1 Å². The Balaban J connectivity index is 1.86. The lowest BCUT2D eigenvalue weighted by Crippen LogP contribution is -2.42. The van der Waals surface area contributed by atoms with Gasteiger partial charge in [0, 0.05) is 32.1 Å². The highest BCUT2D eigenvalue weighted by molar-refractivity contribution is 7.88. The van der Waals surface area contributed by atoms with Crippen LogP contribution in [-0.2, 0) is 16.4 Å². The maximum Gasteiger partial charge on any atom is 0.315 e. The maximum atomic E-state index is 12.2. The van der Waals surface area contributed by atoms with Gasteiger partial charge in [0.25, 0.3) is 0 Å². The van der Waals surface area contributed by atoms with Crippen LogP contribution in [0.1, 0.15) is 49.8 Å². The van der Waals surface area contributed by atoms with Crippen molar-refractivity contribution < 1.29 is 17.6 Å². The Labute approximate surface area is 150 Å². The molecule has 2 amide bonds. The van der Waals surface area contributed by atoms with E-state index in [0.717, 1.165) is 29.9 Å². The number of sulfonamides is 1. The van der Waals surface area contributed by atoms with Crippen LogP contribution in [0.3, 0.4) is 0 Å². The van der Waals surface area contributed by atoms with Crippen LogP contribution in [0.4, 0.5) is 4.79 Å². The van der Waals surface area contributed by atoms with E-state index in [0.29, 0.717) is 19.5 Å². The molecule has 1 aliphatic carbocycles. The van der Waals surface area contributed by atoms with Gasteiger partial charge >= 0.3 is 6.03 Å². The highest BCUT2D eigenvalue weighted by Crippen LogP contribution is 2.41. The minimum atomic E-state index is -3.18. The fraction of sp³-hybridized carbons (Fsp3) is 0.706. The summed E-state index contributed by atoms with van der Waals surface area (Å²) >= 11 is 0. The van der Waals surface area contributed by atoms with Gasteiger partial charge in [0.05, 0.1) is 12.3 Å². The third-order valence-corrected chi connectivity index (χ3v) is 5.86. The fourth-order valence-corrected chi connectivity index (χ4v) is 3.65. The van der Waals surface area contributed by atoms with Gasteiger partial charge in [-0.2, -0.15) is 0 Å². The van der Waals surface area contributed by atoms with E-state index in [9.17, 15) is 13.2 Å². The van der Waals surface area contributed by atoms with Gasteiger partial charge in [-0.1, -0.05) is 13.8 Å². The van der Waals surface area contributed by atoms with Crippen LogP contribution in [0.25, 0.3) is 0 Å². The van der Waals surface area contributed by atoms with Crippen molar-refractivity contribution in [2.24, 2.45) is 5.41 Å². The monoisotopic (exact) mass is 371 g/mol. The summed E-state index contributed by atoms with van der Waals surface area (Å²) < 4.78 is 29.7. The molecule has 25 heavy (non-hydrogen) atoms. The summed E-state index contributed by atoms with van der Waals surface area (Å²) in [5.74, 6) is 1.81. The maximum absolute atomic E-state index is 12.2.